The summed E-state index contributed by atoms with van der Waals surface area (Å²) in [5.41, 5.74) is 2.51. The zero-order chi connectivity index (χ0) is 23.2. The van der Waals surface area contributed by atoms with Crippen molar-refractivity contribution in [3.8, 4) is 17.2 Å². The average molecular weight is 472 g/mol. The van der Waals surface area contributed by atoms with Crippen LogP contribution in [0.4, 0.5) is 0 Å². The van der Waals surface area contributed by atoms with Crippen LogP contribution >= 0.6 is 11.6 Å². The Balaban J connectivity index is 1.21. The van der Waals surface area contributed by atoms with Crippen molar-refractivity contribution >= 4 is 22.5 Å². The van der Waals surface area contributed by atoms with Crippen molar-refractivity contribution in [2.24, 2.45) is 0 Å². The van der Waals surface area contributed by atoms with Crippen molar-refractivity contribution in [2.45, 2.75) is 25.9 Å². The van der Waals surface area contributed by atoms with E-state index in [0.717, 1.165) is 62.6 Å². The van der Waals surface area contributed by atoms with Gasteiger partial charge in [-0.25, -0.2) is 0 Å². The maximum absolute atomic E-state index is 6.22. The third-order valence-electron chi connectivity index (χ3n) is 6.33. The van der Waals surface area contributed by atoms with Crippen molar-refractivity contribution in [3.63, 3.8) is 0 Å². The molecule has 1 N–H and O–H groups in total. The highest BCUT2D eigenvalue weighted by molar-refractivity contribution is 6.31. The van der Waals surface area contributed by atoms with E-state index in [9.17, 15) is 0 Å². The molecule has 1 aromatic heterocycles. The first kappa shape index (κ1) is 23.7. The Morgan fingerprint density at radius 1 is 1.00 bits per heavy atom. The molecule has 178 valence electrons. The fourth-order valence-corrected chi connectivity index (χ4v) is 4.75. The number of ether oxygens (including phenoxy) is 3. The molecule has 1 fully saturated rings. The van der Waals surface area contributed by atoms with Gasteiger partial charge in [0.15, 0.2) is 11.5 Å². The summed E-state index contributed by atoms with van der Waals surface area (Å²) < 4.78 is 17.1. The smallest absolute Gasteiger partial charge is 0.203 e. The minimum Gasteiger partial charge on any atom is -0.493 e. The molecule has 0 amide bonds. The second-order valence-electron chi connectivity index (χ2n) is 8.67. The van der Waals surface area contributed by atoms with E-state index in [4.69, 9.17) is 25.8 Å². The van der Waals surface area contributed by atoms with Crippen LogP contribution in [0.2, 0.25) is 5.02 Å². The van der Waals surface area contributed by atoms with Crippen molar-refractivity contribution in [1.29, 1.82) is 0 Å². The van der Waals surface area contributed by atoms with Crippen LogP contribution < -0.4 is 14.2 Å². The summed E-state index contributed by atoms with van der Waals surface area (Å²) >= 11 is 6.18. The Bertz CT molecular complexity index is 1020. The van der Waals surface area contributed by atoms with Gasteiger partial charge in [-0.15, -0.1) is 0 Å². The van der Waals surface area contributed by atoms with Gasteiger partial charge in [0.2, 0.25) is 5.75 Å². The van der Waals surface area contributed by atoms with Crippen LogP contribution in [0.5, 0.6) is 17.2 Å². The molecule has 4 rings (SSSR count). The number of aryl methyl sites for hydroxylation is 1. The molecule has 33 heavy (non-hydrogen) atoms. The maximum Gasteiger partial charge on any atom is 0.203 e. The number of methoxy groups -OCH3 is 2. The molecule has 1 aliphatic heterocycles. The zero-order valence-electron chi connectivity index (χ0n) is 19.8. The lowest BCUT2D eigenvalue weighted by Crippen LogP contribution is -2.49. The number of benzene rings is 2. The fourth-order valence-electron chi connectivity index (χ4n) is 4.58. The molecule has 1 atom stereocenters. The summed E-state index contributed by atoms with van der Waals surface area (Å²) in [4.78, 5) is 8.39. The number of aromatic amines is 1. The van der Waals surface area contributed by atoms with Crippen molar-refractivity contribution in [2.75, 3.05) is 53.5 Å². The number of hydrogen-bond donors (Lipinski definition) is 1. The largest absolute Gasteiger partial charge is 0.493 e. The van der Waals surface area contributed by atoms with Gasteiger partial charge in [0, 0.05) is 54.8 Å². The number of nitrogens with one attached hydrogen (secondary N) is 1. The molecule has 3 aromatic rings. The Morgan fingerprint density at radius 2 is 1.70 bits per heavy atom. The lowest BCUT2D eigenvalue weighted by molar-refractivity contribution is 0.0875. The zero-order valence-corrected chi connectivity index (χ0v) is 20.5. The quantitative estimate of drug-likeness (QED) is 0.457. The summed E-state index contributed by atoms with van der Waals surface area (Å²) in [6.07, 6.45) is 4.37. The van der Waals surface area contributed by atoms with Crippen molar-refractivity contribution in [3.05, 3.63) is 53.2 Å². The second kappa shape index (κ2) is 11.1. The minimum atomic E-state index is 0.0375. The van der Waals surface area contributed by atoms with Crippen LogP contribution in [0.3, 0.4) is 0 Å². The van der Waals surface area contributed by atoms with E-state index in [1.165, 1.54) is 10.9 Å². The van der Waals surface area contributed by atoms with Crippen LogP contribution in [0.25, 0.3) is 10.9 Å². The number of nitrogens with zero attached hydrogens (tertiary/aromatic N) is 2. The molecule has 1 aliphatic rings. The van der Waals surface area contributed by atoms with Gasteiger partial charge in [-0.05, 0) is 62.2 Å². The summed E-state index contributed by atoms with van der Waals surface area (Å²) in [7, 11) is 3.30. The Hall–Kier alpha value is -2.41. The highest BCUT2D eigenvalue weighted by Crippen LogP contribution is 2.37. The molecule has 2 aromatic carbocycles. The standard InChI is InChI=1S/C26H34ClN3O3/c1-19(33-26-24(31-2)7-4-8-25(26)32-3)18-30-14-12-29(13-15-30)11-5-6-20-17-28-23-10-9-21(27)16-22(20)23/h4,7-10,16-17,19,28H,5-6,11-15,18H2,1-3H3. The van der Waals surface area contributed by atoms with Gasteiger partial charge >= 0.3 is 0 Å². The molecule has 1 unspecified atom stereocenters. The topological polar surface area (TPSA) is 50.0 Å². The number of rotatable bonds is 10. The molecule has 0 aliphatic carbocycles. The molecule has 0 bridgehead atoms. The van der Waals surface area contributed by atoms with E-state index in [1.54, 1.807) is 14.2 Å². The third-order valence-corrected chi connectivity index (χ3v) is 6.57. The first-order valence-corrected chi connectivity index (χ1v) is 12.0. The molecule has 6 nitrogen and oxygen atoms in total. The normalized spacial score (nSPS) is 16.1. The first-order valence-electron chi connectivity index (χ1n) is 11.6. The molecule has 1 saturated heterocycles. The monoisotopic (exact) mass is 471 g/mol. The summed E-state index contributed by atoms with van der Waals surface area (Å²) in [5.74, 6) is 2.07. The Kier molecular flexibility index (Phi) is 8.02. The molecular formula is C26H34ClN3O3. The predicted molar refractivity (Wildman–Crippen MR) is 134 cm³/mol. The molecule has 0 radical (unpaired) electrons. The average Bonchev–Trinajstić information content (AvgIpc) is 3.22. The van der Waals surface area contributed by atoms with Crippen molar-refractivity contribution in [1.82, 2.24) is 14.8 Å². The second-order valence-corrected chi connectivity index (χ2v) is 9.11. The van der Waals surface area contributed by atoms with Gasteiger partial charge in [0.25, 0.3) is 0 Å². The molecule has 0 saturated carbocycles. The van der Waals surface area contributed by atoms with Crippen LogP contribution in [-0.2, 0) is 6.42 Å². The number of fused-ring (bicyclic) bond motifs is 1. The summed E-state index contributed by atoms with van der Waals surface area (Å²) in [6.45, 7) is 8.39. The lowest BCUT2D eigenvalue weighted by Gasteiger charge is -2.36. The summed E-state index contributed by atoms with van der Waals surface area (Å²) in [6, 6.07) is 11.7. The molecule has 2 heterocycles. The Morgan fingerprint density at radius 3 is 2.39 bits per heavy atom. The van der Waals surface area contributed by atoms with Crippen molar-refractivity contribution < 1.29 is 14.2 Å². The van der Waals surface area contributed by atoms with Gasteiger partial charge in [-0.2, -0.15) is 0 Å². The summed E-state index contributed by atoms with van der Waals surface area (Å²) in [5, 5.41) is 2.04. The fraction of sp³-hybridized carbons (Fsp3) is 0.462. The highest BCUT2D eigenvalue weighted by Gasteiger charge is 2.21. The van der Waals surface area contributed by atoms with Gasteiger partial charge < -0.3 is 24.1 Å². The van der Waals surface area contributed by atoms with E-state index in [2.05, 4.69) is 40.0 Å². The molecular weight excluding hydrogens is 438 g/mol. The Labute approximate surface area is 201 Å². The minimum absolute atomic E-state index is 0.0375. The van der Waals surface area contributed by atoms with E-state index >= 15 is 0 Å². The van der Waals surface area contributed by atoms with E-state index in [0.29, 0.717) is 17.2 Å². The number of aromatic nitrogens is 1. The van der Waals surface area contributed by atoms with Crippen LogP contribution in [0, 0.1) is 0 Å². The highest BCUT2D eigenvalue weighted by atomic mass is 35.5. The van der Waals surface area contributed by atoms with Gasteiger partial charge in [0.05, 0.1) is 14.2 Å². The maximum atomic E-state index is 6.22. The van der Waals surface area contributed by atoms with Crippen LogP contribution in [0.15, 0.2) is 42.6 Å². The molecule has 0 spiro atoms. The number of H-pyrrole nitrogens is 1. The van der Waals surface area contributed by atoms with Gasteiger partial charge in [-0.1, -0.05) is 17.7 Å². The van der Waals surface area contributed by atoms with Gasteiger partial charge in [0.1, 0.15) is 6.10 Å². The predicted octanol–water partition coefficient (Wildman–Crippen LogP) is 4.86. The van der Waals surface area contributed by atoms with E-state index < -0.39 is 0 Å². The van der Waals surface area contributed by atoms with E-state index in [1.807, 2.05) is 24.3 Å². The number of para-hydroxylation sites is 1. The first-order chi connectivity index (χ1) is 16.1. The SMILES string of the molecule is COc1cccc(OC)c1OC(C)CN1CCN(CCCc2c[nH]c3ccc(Cl)cc23)CC1. The van der Waals surface area contributed by atoms with E-state index in [-0.39, 0.29) is 6.10 Å². The van der Waals surface area contributed by atoms with Gasteiger partial charge in [-0.3, -0.25) is 4.90 Å². The van der Waals surface area contributed by atoms with Crippen LogP contribution in [0.1, 0.15) is 18.9 Å². The number of hydrogen-bond acceptors (Lipinski definition) is 5. The number of piperazine rings is 1. The lowest BCUT2D eigenvalue weighted by atomic mass is 10.1. The molecule has 7 heteroatoms. The third kappa shape index (κ3) is 5.94. The van der Waals surface area contributed by atoms with Crippen LogP contribution in [-0.4, -0.2) is 74.4 Å². The number of halogens is 1.